The van der Waals surface area contributed by atoms with Crippen LogP contribution in [-0.4, -0.2) is 60.5 Å². The van der Waals surface area contributed by atoms with Crippen molar-refractivity contribution in [3.8, 4) is 0 Å². The van der Waals surface area contributed by atoms with Gasteiger partial charge in [0.2, 0.25) is 0 Å². The fourth-order valence-corrected chi connectivity index (χ4v) is 5.12. The predicted octanol–water partition coefficient (Wildman–Crippen LogP) is 5.77. The van der Waals surface area contributed by atoms with Crippen molar-refractivity contribution in [3.05, 3.63) is 60.4 Å². The second kappa shape index (κ2) is 11.0. The molecule has 1 amide bonds. The molecular weight excluding hydrogens is 517 g/mol. The summed E-state index contributed by atoms with van der Waals surface area (Å²) in [5, 5.41) is 20.7. The van der Waals surface area contributed by atoms with E-state index in [0.29, 0.717) is 12.5 Å². The molecule has 1 N–H and O–H groups in total. The van der Waals surface area contributed by atoms with Gasteiger partial charge in [-0.2, -0.15) is 10.2 Å². The molecule has 10 heteroatoms. The van der Waals surface area contributed by atoms with E-state index in [-0.39, 0.29) is 18.3 Å². The minimum absolute atomic E-state index is 0.310. The third kappa shape index (κ3) is 5.76. The topological polar surface area (TPSA) is 94.6 Å². The Morgan fingerprint density at radius 3 is 2.07 bits per heavy atom. The maximum absolute atomic E-state index is 11.5. The zero-order valence-corrected chi connectivity index (χ0v) is 25.1. The zero-order valence-electron chi connectivity index (χ0n) is 25.1. The Balaban J connectivity index is 0.000000165. The SMILES string of the molecule is CCn1cc2ccc(B3OC(C)(C)C(C)(C)O3)cc2n1.CCn1cc2ccc(C3=CC[C@H](C)CN3C(=O)O)cc2n1. The minimum atomic E-state index is -0.896. The molecule has 6 rings (SSSR count). The van der Waals surface area contributed by atoms with Gasteiger partial charge >= 0.3 is 13.2 Å². The van der Waals surface area contributed by atoms with E-state index in [1.165, 1.54) is 4.90 Å². The highest BCUT2D eigenvalue weighted by atomic mass is 16.7. The molecule has 1 fully saturated rings. The molecule has 2 aliphatic heterocycles. The van der Waals surface area contributed by atoms with Crippen LogP contribution in [0.15, 0.2) is 54.9 Å². The number of fused-ring (bicyclic) bond motifs is 2. The summed E-state index contributed by atoms with van der Waals surface area (Å²) in [7, 11) is -0.323. The molecule has 1 atom stereocenters. The van der Waals surface area contributed by atoms with Crippen molar-refractivity contribution in [2.45, 2.75) is 79.2 Å². The first-order valence-corrected chi connectivity index (χ1v) is 14.4. The highest BCUT2D eigenvalue weighted by Crippen LogP contribution is 2.36. The maximum Gasteiger partial charge on any atom is 0.494 e. The Bertz CT molecular complexity index is 1590. The fraction of sp³-hybridized carbons (Fsp3) is 0.452. The lowest BCUT2D eigenvalue weighted by molar-refractivity contribution is 0.00578. The molecule has 0 spiro atoms. The molecule has 2 aromatic heterocycles. The summed E-state index contributed by atoms with van der Waals surface area (Å²) in [6.07, 6.45) is 6.09. The normalized spacial score (nSPS) is 19.8. The van der Waals surface area contributed by atoms with Crippen LogP contribution in [0, 0.1) is 5.92 Å². The standard InChI is InChI=1S/C16H19N3O2.C15H21BN2O2/c1-3-18-10-13-6-5-12(8-14(13)17-18)15-7-4-11(2)9-19(15)16(20)21;1-6-18-10-11-7-8-12(9-13(11)17-18)16-19-14(2,3)15(4,5)20-16/h5-8,10-11H,3-4,9H2,1-2H3,(H,20,21);7-10H,6H2,1-5H3/t11-;/m0./s1. The zero-order chi connectivity index (χ0) is 29.5. The van der Waals surface area contributed by atoms with Gasteiger partial charge in [0.1, 0.15) is 0 Å². The third-order valence-corrected chi connectivity index (χ3v) is 8.33. The Labute approximate surface area is 241 Å². The first-order valence-electron chi connectivity index (χ1n) is 14.4. The number of hydrogen-bond acceptors (Lipinski definition) is 5. The van der Waals surface area contributed by atoms with E-state index in [4.69, 9.17) is 9.31 Å². The highest BCUT2D eigenvalue weighted by Gasteiger charge is 2.51. The van der Waals surface area contributed by atoms with Gasteiger partial charge in [0.05, 0.1) is 27.9 Å². The van der Waals surface area contributed by atoms with Crippen molar-refractivity contribution in [3.63, 3.8) is 0 Å². The Kier molecular flexibility index (Phi) is 7.74. The van der Waals surface area contributed by atoms with Crippen LogP contribution in [0.2, 0.25) is 0 Å². The number of allylic oxidation sites excluding steroid dienone is 1. The number of benzene rings is 2. The first-order chi connectivity index (χ1) is 19.4. The summed E-state index contributed by atoms with van der Waals surface area (Å²) in [5.74, 6) is 0.355. The monoisotopic (exact) mass is 557 g/mol. The molecule has 0 bridgehead atoms. The second-order valence-electron chi connectivity index (χ2n) is 12.0. The number of rotatable bonds is 4. The fourth-order valence-electron chi connectivity index (χ4n) is 5.12. The van der Waals surface area contributed by atoms with Gasteiger partial charge < -0.3 is 14.4 Å². The average Bonchev–Trinajstić information content (AvgIpc) is 3.60. The number of aryl methyl sites for hydroxylation is 2. The molecule has 216 valence electrons. The van der Waals surface area contributed by atoms with Crippen molar-refractivity contribution in [2.24, 2.45) is 5.92 Å². The van der Waals surface area contributed by atoms with Crippen LogP contribution >= 0.6 is 0 Å². The summed E-state index contributed by atoms with van der Waals surface area (Å²) < 4.78 is 16.0. The number of carboxylic acid groups (broad SMARTS) is 1. The molecule has 0 unspecified atom stereocenters. The van der Waals surface area contributed by atoms with Gasteiger partial charge in [0.25, 0.3) is 0 Å². The van der Waals surface area contributed by atoms with Crippen molar-refractivity contribution in [1.82, 2.24) is 24.5 Å². The molecule has 2 aliphatic rings. The van der Waals surface area contributed by atoms with Gasteiger partial charge in [-0.25, -0.2) is 4.79 Å². The van der Waals surface area contributed by atoms with Crippen LogP contribution < -0.4 is 5.46 Å². The van der Waals surface area contributed by atoms with Gasteiger partial charge in [-0.1, -0.05) is 37.3 Å². The third-order valence-electron chi connectivity index (χ3n) is 8.33. The van der Waals surface area contributed by atoms with Crippen molar-refractivity contribution < 1.29 is 19.2 Å². The Hall–Kier alpha value is -3.63. The molecule has 4 aromatic rings. The first kappa shape index (κ1) is 28.9. The van der Waals surface area contributed by atoms with Crippen molar-refractivity contribution in [1.29, 1.82) is 0 Å². The van der Waals surface area contributed by atoms with Gasteiger partial charge in [-0.3, -0.25) is 14.3 Å². The van der Waals surface area contributed by atoms with E-state index in [1.807, 2.05) is 46.8 Å². The summed E-state index contributed by atoms with van der Waals surface area (Å²) >= 11 is 0. The largest absolute Gasteiger partial charge is 0.494 e. The molecule has 0 saturated carbocycles. The molecule has 4 heterocycles. The number of nitrogens with zero attached hydrogens (tertiary/aromatic N) is 5. The van der Waals surface area contributed by atoms with E-state index >= 15 is 0 Å². The smallest absolute Gasteiger partial charge is 0.465 e. The number of amides is 1. The Morgan fingerprint density at radius 1 is 0.951 bits per heavy atom. The predicted molar refractivity (Wildman–Crippen MR) is 163 cm³/mol. The van der Waals surface area contributed by atoms with Crippen molar-refractivity contribution in [2.75, 3.05) is 6.54 Å². The number of aromatic nitrogens is 4. The van der Waals surface area contributed by atoms with E-state index in [0.717, 1.165) is 58.0 Å². The summed E-state index contributed by atoms with van der Waals surface area (Å²) in [5.41, 5.74) is 3.98. The highest BCUT2D eigenvalue weighted by molar-refractivity contribution is 6.62. The van der Waals surface area contributed by atoms with Gasteiger partial charge in [0.15, 0.2) is 0 Å². The van der Waals surface area contributed by atoms with E-state index in [2.05, 4.69) is 76.1 Å². The number of hydrogen-bond donors (Lipinski definition) is 1. The van der Waals surface area contributed by atoms with E-state index in [1.54, 1.807) is 0 Å². The lowest BCUT2D eigenvalue weighted by atomic mass is 9.79. The van der Waals surface area contributed by atoms with Crippen LogP contribution in [0.1, 0.15) is 60.5 Å². The summed E-state index contributed by atoms with van der Waals surface area (Å²) in [6.45, 7) is 16.7. The molecule has 1 saturated heterocycles. The molecular formula is C31H40BN5O4. The van der Waals surface area contributed by atoms with Crippen LogP contribution in [-0.2, 0) is 22.4 Å². The quantitative estimate of drug-likeness (QED) is 0.320. The van der Waals surface area contributed by atoms with E-state index in [9.17, 15) is 9.90 Å². The average molecular weight is 558 g/mol. The molecule has 41 heavy (non-hydrogen) atoms. The second-order valence-corrected chi connectivity index (χ2v) is 12.0. The summed E-state index contributed by atoms with van der Waals surface area (Å²) in [6, 6.07) is 12.1. The van der Waals surface area contributed by atoms with Crippen molar-refractivity contribution >= 4 is 46.2 Å². The summed E-state index contributed by atoms with van der Waals surface area (Å²) in [4.78, 5) is 12.9. The molecule has 0 radical (unpaired) electrons. The lowest BCUT2D eigenvalue weighted by Crippen LogP contribution is -2.41. The maximum atomic E-state index is 11.5. The molecule has 0 aliphatic carbocycles. The van der Waals surface area contributed by atoms with Crippen LogP contribution in [0.5, 0.6) is 0 Å². The van der Waals surface area contributed by atoms with Crippen LogP contribution in [0.25, 0.3) is 27.5 Å². The van der Waals surface area contributed by atoms with Crippen LogP contribution in [0.3, 0.4) is 0 Å². The molecule has 2 aromatic carbocycles. The molecule has 9 nitrogen and oxygen atoms in total. The van der Waals surface area contributed by atoms with Gasteiger partial charge in [0, 0.05) is 48.4 Å². The van der Waals surface area contributed by atoms with Gasteiger partial charge in [-0.15, -0.1) is 0 Å². The van der Waals surface area contributed by atoms with Crippen LogP contribution in [0.4, 0.5) is 4.79 Å². The Morgan fingerprint density at radius 2 is 1.51 bits per heavy atom. The lowest BCUT2D eigenvalue weighted by Gasteiger charge is -2.32. The number of carbonyl (C=O) groups is 1. The minimum Gasteiger partial charge on any atom is -0.465 e. The van der Waals surface area contributed by atoms with Gasteiger partial charge in [-0.05, 0) is 71.5 Å². The van der Waals surface area contributed by atoms with E-state index < -0.39 is 6.09 Å².